The molecule has 0 aromatic carbocycles. The van der Waals surface area contributed by atoms with Crippen molar-refractivity contribution in [1.82, 2.24) is 14.6 Å². The summed E-state index contributed by atoms with van der Waals surface area (Å²) in [6.45, 7) is 1.03. The number of aromatic nitrogens is 3. The van der Waals surface area contributed by atoms with E-state index in [1.165, 1.54) is 6.20 Å². The van der Waals surface area contributed by atoms with Gasteiger partial charge < -0.3 is 10.4 Å². The molecule has 2 heterocycles. The molecule has 1 saturated carbocycles. The number of nitrogens with one attached hydrogen (secondary N) is 1. The van der Waals surface area contributed by atoms with Crippen LogP contribution in [0.2, 0.25) is 0 Å². The van der Waals surface area contributed by atoms with Crippen LogP contribution in [-0.4, -0.2) is 38.0 Å². The molecule has 1 atom stereocenters. The first kappa shape index (κ1) is 17.5. The highest BCUT2D eigenvalue weighted by Crippen LogP contribution is 2.36. The zero-order valence-electron chi connectivity index (χ0n) is 13.0. The Morgan fingerprint density at radius 1 is 1.33 bits per heavy atom. The fraction of sp³-hybridized carbons (Fsp3) is 0.600. The van der Waals surface area contributed by atoms with Crippen molar-refractivity contribution < 1.29 is 18.3 Å². The standard InChI is InChI=1S/C15H18BrF3N4O/c1-8(15(17,18)19)21-14-20-7-13-11(16)6-12(23(13)22-14)9-2-4-10(24)5-3-9/h6-10,24H,2-5H2,1H3,(H,21,22)/t8-,9-,10-/m1/s1. The molecule has 3 rings (SSSR count). The minimum atomic E-state index is -4.36. The Bertz CT molecular complexity index is 725. The fourth-order valence-electron chi connectivity index (χ4n) is 2.98. The lowest BCUT2D eigenvalue weighted by Gasteiger charge is -2.25. The molecular weight excluding hydrogens is 389 g/mol. The summed E-state index contributed by atoms with van der Waals surface area (Å²) in [6.07, 6.45) is -0.0398. The molecule has 9 heteroatoms. The van der Waals surface area contributed by atoms with Crippen LogP contribution in [0.3, 0.4) is 0 Å². The molecule has 1 fully saturated rings. The van der Waals surface area contributed by atoms with E-state index in [4.69, 9.17) is 0 Å². The van der Waals surface area contributed by atoms with Crippen LogP contribution in [0, 0.1) is 0 Å². The van der Waals surface area contributed by atoms with E-state index < -0.39 is 12.2 Å². The number of aliphatic hydroxyl groups is 1. The number of anilines is 1. The summed E-state index contributed by atoms with van der Waals surface area (Å²) in [4.78, 5) is 3.98. The lowest BCUT2D eigenvalue weighted by Crippen LogP contribution is -2.34. The van der Waals surface area contributed by atoms with E-state index in [1.807, 2.05) is 6.07 Å². The van der Waals surface area contributed by atoms with Crippen LogP contribution in [0.5, 0.6) is 0 Å². The number of fused-ring (bicyclic) bond motifs is 1. The van der Waals surface area contributed by atoms with E-state index in [0.29, 0.717) is 5.52 Å². The van der Waals surface area contributed by atoms with Crippen LogP contribution in [0.25, 0.3) is 5.52 Å². The monoisotopic (exact) mass is 406 g/mol. The van der Waals surface area contributed by atoms with Gasteiger partial charge in [-0.25, -0.2) is 9.50 Å². The zero-order valence-corrected chi connectivity index (χ0v) is 14.6. The Kier molecular flexibility index (Phi) is 4.74. The maximum absolute atomic E-state index is 12.7. The Hall–Kier alpha value is -1.35. The topological polar surface area (TPSA) is 62.5 Å². The van der Waals surface area contributed by atoms with Crippen molar-refractivity contribution in [3.8, 4) is 0 Å². The molecule has 2 aromatic heterocycles. The summed E-state index contributed by atoms with van der Waals surface area (Å²) in [6, 6.07) is 0.200. The van der Waals surface area contributed by atoms with E-state index in [2.05, 4.69) is 31.3 Å². The lowest BCUT2D eigenvalue weighted by molar-refractivity contribution is -0.138. The molecule has 0 saturated heterocycles. The highest BCUT2D eigenvalue weighted by atomic mass is 79.9. The minimum Gasteiger partial charge on any atom is -0.393 e. The van der Waals surface area contributed by atoms with Gasteiger partial charge in [0, 0.05) is 16.1 Å². The van der Waals surface area contributed by atoms with Gasteiger partial charge in [0.2, 0.25) is 5.95 Å². The third-order valence-corrected chi connectivity index (χ3v) is 5.08. The third-order valence-electron chi connectivity index (χ3n) is 4.45. The number of nitrogens with zero attached hydrogens (tertiary/aromatic N) is 3. The van der Waals surface area contributed by atoms with Crippen molar-refractivity contribution in [3.05, 3.63) is 22.4 Å². The second-order valence-corrected chi connectivity index (χ2v) is 7.06. The van der Waals surface area contributed by atoms with Crippen LogP contribution in [0.4, 0.5) is 19.1 Å². The number of halogens is 4. The summed E-state index contributed by atoms with van der Waals surface area (Å²) >= 11 is 3.45. The Morgan fingerprint density at radius 2 is 2.00 bits per heavy atom. The summed E-state index contributed by atoms with van der Waals surface area (Å²) < 4.78 is 40.6. The molecule has 0 unspecified atom stereocenters. The molecule has 5 nitrogen and oxygen atoms in total. The lowest BCUT2D eigenvalue weighted by atomic mass is 9.85. The minimum absolute atomic E-state index is 0.0625. The molecule has 0 amide bonds. The SMILES string of the molecule is C[C@@H](Nc1ncc2c(Br)cc([C@H]3CC[C@H](O)CC3)n2n1)C(F)(F)F. The average Bonchev–Trinajstić information content (AvgIpc) is 2.84. The van der Waals surface area contributed by atoms with Gasteiger partial charge in [-0.15, -0.1) is 5.10 Å². The van der Waals surface area contributed by atoms with Gasteiger partial charge in [-0.2, -0.15) is 13.2 Å². The van der Waals surface area contributed by atoms with E-state index in [1.54, 1.807) is 4.52 Å². The van der Waals surface area contributed by atoms with Gasteiger partial charge in [-0.3, -0.25) is 0 Å². The molecule has 1 aliphatic carbocycles. The highest BCUT2D eigenvalue weighted by molar-refractivity contribution is 9.10. The van der Waals surface area contributed by atoms with Crippen LogP contribution in [0.1, 0.15) is 44.2 Å². The molecule has 0 radical (unpaired) electrons. The second kappa shape index (κ2) is 6.51. The molecule has 0 spiro atoms. The molecule has 132 valence electrons. The van der Waals surface area contributed by atoms with Gasteiger partial charge in [0.15, 0.2) is 0 Å². The van der Waals surface area contributed by atoms with E-state index in [-0.39, 0.29) is 18.0 Å². The van der Waals surface area contributed by atoms with Gasteiger partial charge >= 0.3 is 6.18 Å². The van der Waals surface area contributed by atoms with Crippen molar-refractivity contribution in [3.63, 3.8) is 0 Å². The Morgan fingerprint density at radius 3 is 2.62 bits per heavy atom. The first-order valence-electron chi connectivity index (χ1n) is 7.81. The Balaban J connectivity index is 1.91. The maximum Gasteiger partial charge on any atom is 0.408 e. The molecular formula is C15H18BrF3N4O. The van der Waals surface area contributed by atoms with Crippen LogP contribution in [-0.2, 0) is 0 Å². The van der Waals surface area contributed by atoms with Crippen molar-refractivity contribution >= 4 is 27.4 Å². The van der Waals surface area contributed by atoms with Gasteiger partial charge in [-0.1, -0.05) is 0 Å². The fourth-order valence-corrected chi connectivity index (χ4v) is 3.48. The van der Waals surface area contributed by atoms with Crippen LogP contribution < -0.4 is 5.32 Å². The van der Waals surface area contributed by atoms with Gasteiger partial charge in [0.25, 0.3) is 0 Å². The molecule has 2 N–H and O–H groups in total. The first-order valence-corrected chi connectivity index (χ1v) is 8.60. The molecule has 24 heavy (non-hydrogen) atoms. The largest absolute Gasteiger partial charge is 0.408 e. The van der Waals surface area contributed by atoms with Crippen LogP contribution in [0.15, 0.2) is 16.7 Å². The predicted octanol–water partition coefficient (Wildman–Crippen LogP) is 3.87. The maximum atomic E-state index is 12.7. The third kappa shape index (κ3) is 3.51. The second-order valence-electron chi connectivity index (χ2n) is 6.21. The van der Waals surface area contributed by atoms with E-state index in [9.17, 15) is 18.3 Å². The summed E-state index contributed by atoms with van der Waals surface area (Å²) in [7, 11) is 0. The average molecular weight is 407 g/mol. The van der Waals surface area contributed by atoms with Crippen molar-refractivity contribution in [2.75, 3.05) is 5.32 Å². The van der Waals surface area contributed by atoms with E-state index in [0.717, 1.165) is 42.8 Å². The van der Waals surface area contributed by atoms with Gasteiger partial charge in [0.1, 0.15) is 6.04 Å². The number of hydrogen-bond acceptors (Lipinski definition) is 4. The van der Waals surface area contributed by atoms with E-state index >= 15 is 0 Å². The predicted molar refractivity (Wildman–Crippen MR) is 87.0 cm³/mol. The number of alkyl halides is 3. The summed E-state index contributed by atoms with van der Waals surface area (Å²) in [5.74, 6) is 0.155. The number of aliphatic hydroxyl groups excluding tert-OH is 1. The van der Waals surface area contributed by atoms with Crippen molar-refractivity contribution in [2.24, 2.45) is 0 Å². The Labute approximate surface area is 145 Å². The first-order chi connectivity index (χ1) is 11.3. The van der Waals surface area contributed by atoms with Gasteiger partial charge in [-0.05, 0) is 54.6 Å². The molecule has 0 aliphatic heterocycles. The van der Waals surface area contributed by atoms with Crippen molar-refractivity contribution in [2.45, 2.75) is 56.8 Å². The molecule has 1 aliphatic rings. The number of hydrogen-bond donors (Lipinski definition) is 2. The zero-order chi connectivity index (χ0) is 17.5. The summed E-state index contributed by atoms with van der Waals surface area (Å²) in [5.41, 5.74) is 1.63. The number of rotatable bonds is 3. The normalized spacial score (nSPS) is 23.4. The molecule has 2 aromatic rings. The van der Waals surface area contributed by atoms with Gasteiger partial charge in [0.05, 0.1) is 17.8 Å². The smallest absolute Gasteiger partial charge is 0.393 e. The highest BCUT2D eigenvalue weighted by Gasteiger charge is 2.36. The van der Waals surface area contributed by atoms with Crippen LogP contribution >= 0.6 is 15.9 Å². The summed E-state index contributed by atoms with van der Waals surface area (Å²) in [5, 5.41) is 16.2. The molecule has 0 bridgehead atoms. The van der Waals surface area contributed by atoms with Crippen molar-refractivity contribution in [1.29, 1.82) is 0 Å². The quantitative estimate of drug-likeness (QED) is 0.811.